The molecule has 1 aromatic rings. The van der Waals surface area contributed by atoms with Gasteiger partial charge in [0.05, 0.1) is 19.0 Å². The average Bonchev–Trinajstić information content (AvgIpc) is 2.44. The summed E-state index contributed by atoms with van der Waals surface area (Å²) in [5, 5.41) is 0. The zero-order valence-electron chi connectivity index (χ0n) is 13.0. The molecule has 0 spiro atoms. The molecule has 0 atom stereocenters. The Kier molecular flexibility index (Phi) is 4.44. The molecule has 1 aromatic heterocycles. The number of aromatic nitrogens is 1. The molecular formula is C15H18N2O5. The van der Waals surface area contributed by atoms with E-state index in [-0.39, 0.29) is 0 Å². The van der Waals surface area contributed by atoms with Crippen molar-refractivity contribution in [3.8, 4) is 5.88 Å². The van der Waals surface area contributed by atoms with Gasteiger partial charge in [0.2, 0.25) is 5.88 Å². The number of pyridine rings is 1. The summed E-state index contributed by atoms with van der Waals surface area (Å²) in [6, 6.07) is 1.78. The van der Waals surface area contributed by atoms with Gasteiger partial charge in [0, 0.05) is 25.6 Å². The van der Waals surface area contributed by atoms with Gasteiger partial charge < -0.3 is 14.2 Å². The SMILES string of the molecule is CCc1cc(/N=C/C2C(=O)OC(C)(C)OC2=O)cnc1OC. The third-order valence-corrected chi connectivity index (χ3v) is 3.06. The maximum atomic E-state index is 11.8. The summed E-state index contributed by atoms with van der Waals surface area (Å²) in [5.74, 6) is -3.24. The zero-order chi connectivity index (χ0) is 16.3. The Morgan fingerprint density at radius 3 is 2.55 bits per heavy atom. The van der Waals surface area contributed by atoms with Gasteiger partial charge in [0.1, 0.15) is 0 Å². The summed E-state index contributed by atoms with van der Waals surface area (Å²) in [7, 11) is 1.54. The first-order valence-electron chi connectivity index (χ1n) is 6.89. The smallest absolute Gasteiger partial charge is 0.329 e. The predicted octanol–water partition coefficient (Wildman–Crippen LogP) is 1.81. The normalized spacial score (nSPS) is 18.2. The summed E-state index contributed by atoms with van der Waals surface area (Å²) >= 11 is 0. The highest BCUT2D eigenvalue weighted by molar-refractivity contribution is 6.10. The van der Waals surface area contributed by atoms with Crippen LogP contribution in [0.2, 0.25) is 0 Å². The highest BCUT2D eigenvalue weighted by Gasteiger charge is 2.42. The molecule has 1 aliphatic rings. The number of hydrogen-bond donors (Lipinski definition) is 0. The number of esters is 2. The van der Waals surface area contributed by atoms with Crippen LogP contribution in [0.15, 0.2) is 17.3 Å². The second kappa shape index (κ2) is 6.13. The van der Waals surface area contributed by atoms with E-state index in [1.54, 1.807) is 13.2 Å². The number of aryl methyl sites for hydroxylation is 1. The third kappa shape index (κ3) is 3.41. The second-order valence-corrected chi connectivity index (χ2v) is 5.21. The van der Waals surface area contributed by atoms with Gasteiger partial charge in [-0.05, 0) is 12.5 Å². The second-order valence-electron chi connectivity index (χ2n) is 5.21. The molecule has 0 radical (unpaired) electrons. The number of ether oxygens (including phenoxy) is 3. The first kappa shape index (κ1) is 15.9. The highest BCUT2D eigenvalue weighted by atomic mass is 16.7. The lowest BCUT2D eigenvalue weighted by atomic mass is 10.1. The van der Waals surface area contributed by atoms with Crippen molar-refractivity contribution >= 4 is 23.8 Å². The maximum Gasteiger partial charge on any atom is 0.329 e. The summed E-state index contributed by atoms with van der Waals surface area (Å²) in [6.45, 7) is 4.96. The van der Waals surface area contributed by atoms with Crippen LogP contribution in [0.3, 0.4) is 0 Å². The van der Waals surface area contributed by atoms with Gasteiger partial charge in [-0.15, -0.1) is 0 Å². The van der Waals surface area contributed by atoms with Gasteiger partial charge in [-0.3, -0.25) is 14.6 Å². The van der Waals surface area contributed by atoms with Crippen LogP contribution in [0.4, 0.5) is 5.69 Å². The van der Waals surface area contributed by atoms with Crippen molar-refractivity contribution in [2.24, 2.45) is 10.9 Å². The van der Waals surface area contributed by atoms with Crippen LogP contribution in [-0.2, 0) is 25.5 Å². The van der Waals surface area contributed by atoms with E-state index < -0.39 is 23.6 Å². The lowest BCUT2D eigenvalue weighted by Gasteiger charge is -2.31. The predicted molar refractivity (Wildman–Crippen MR) is 78.1 cm³/mol. The quantitative estimate of drug-likeness (QED) is 0.479. The van der Waals surface area contributed by atoms with Crippen molar-refractivity contribution in [3.05, 3.63) is 17.8 Å². The number of cyclic esters (lactones) is 2. The summed E-state index contributed by atoms with van der Waals surface area (Å²) < 4.78 is 15.2. The van der Waals surface area contributed by atoms with Gasteiger partial charge in [-0.1, -0.05) is 6.92 Å². The topological polar surface area (TPSA) is 87.1 Å². The number of carbonyl (C=O) groups is 2. The van der Waals surface area contributed by atoms with E-state index >= 15 is 0 Å². The van der Waals surface area contributed by atoms with Crippen LogP contribution in [0.5, 0.6) is 5.88 Å². The third-order valence-electron chi connectivity index (χ3n) is 3.06. The lowest BCUT2D eigenvalue weighted by molar-refractivity contribution is -0.235. The largest absolute Gasteiger partial charge is 0.481 e. The number of carbonyl (C=O) groups excluding carboxylic acids is 2. The average molecular weight is 306 g/mol. The first-order chi connectivity index (χ1) is 10.4. The molecule has 1 fully saturated rings. The van der Waals surface area contributed by atoms with Crippen molar-refractivity contribution in [1.29, 1.82) is 0 Å². The van der Waals surface area contributed by atoms with Crippen molar-refractivity contribution < 1.29 is 23.8 Å². The van der Waals surface area contributed by atoms with E-state index in [0.717, 1.165) is 12.0 Å². The Hall–Kier alpha value is -2.44. The molecule has 0 amide bonds. The Morgan fingerprint density at radius 1 is 1.36 bits per heavy atom. The molecule has 0 N–H and O–H groups in total. The summed E-state index contributed by atoms with van der Waals surface area (Å²) in [4.78, 5) is 31.9. The first-order valence-corrected chi connectivity index (χ1v) is 6.89. The van der Waals surface area contributed by atoms with Crippen molar-refractivity contribution in [3.63, 3.8) is 0 Å². The number of aliphatic imine (C=N–C) groups is 1. The van der Waals surface area contributed by atoms with Crippen molar-refractivity contribution in [2.45, 2.75) is 33.0 Å². The van der Waals surface area contributed by atoms with Gasteiger partial charge in [0.15, 0.2) is 5.92 Å². The molecule has 0 saturated carbocycles. The minimum absolute atomic E-state index is 0.517. The van der Waals surface area contributed by atoms with Gasteiger partial charge in [0.25, 0.3) is 5.79 Å². The molecule has 2 heterocycles. The minimum atomic E-state index is -1.24. The van der Waals surface area contributed by atoms with Gasteiger partial charge in [-0.25, -0.2) is 4.98 Å². The molecule has 0 unspecified atom stereocenters. The molecule has 0 aliphatic carbocycles. The molecule has 22 heavy (non-hydrogen) atoms. The number of nitrogens with zero attached hydrogens (tertiary/aromatic N) is 2. The fourth-order valence-electron chi connectivity index (χ4n) is 2.00. The Bertz CT molecular complexity index is 604. The molecule has 118 valence electrons. The fraction of sp³-hybridized carbons (Fsp3) is 0.467. The van der Waals surface area contributed by atoms with Crippen LogP contribution >= 0.6 is 0 Å². The zero-order valence-corrected chi connectivity index (χ0v) is 13.0. The number of methoxy groups -OCH3 is 1. The molecule has 1 aliphatic heterocycles. The molecule has 7 nitrogen and oxygen atoms in total. The highest BCUT2D eigenvalue weighted by Crippen LogP contribution is 2.24. The van der Waals surface area contributed by atoms with E-state index in [2.05, 4.69) is 9.98 Å². The summed E-state index contributed by atoms with van der Waals surface area (Å²) in [6.07, 6.45) is 3.43. The number of hydrogen-bond acceptors (Lipinski definition) is 7. The molecule has 0 aromatic carbocycles. The van der Waals surface area contributed by atoms with Crippen LogP contribution in [-0.4, -0.2) is 36.0 Å². The van der Waals surface area contributed by atoms with Crippen LogP contribution in [0.25, 0.3) is 0 Å². The van der Waals surface area contributed by atoms with Gasteiger partial charge >= 0.3 is 11.9 Å². The van der Waals surface area contributed by atoms with Crippen LogP contribution in [0.1, 0.15) is 26.3 Å². The van der Waals surface area contributed by atoms with E-state index in [9.17, 15) is 9.59 Å². The van der Waals surface area contributed by atoms with E-state index in [0.29, 0.717) is 11.6 Å². The molecular weight excluding hydrogens is 288 g/mol. The Labute approximate surface area is 128 Å². The van der Waals surface area contributed by atoms with E-state index in [1.165, 1.54) is 26.3 Å². The number of rotatable bonds is 4. The van der Waals surface area contributed by atoms with E-state index in [1.807, 2.05) is 6.92 Å². The minimum Gasteiger partial charge on any atom is -0.481 e. The lowest BCUT2D eigenvalue weighted by Crippen LogP contribution is -2.46. The summed E-state index contributed by atoms with van der Waals surface area (Å²) in [5.41, 5.74) is 1.40. The Balaban J connectivity index is 2.18. The molecule has 1 saturated heterocycles. The van der Waals surface area contributed by atoms with Crippen LogP contribution < -0.4 is 4.74 Å². The molecule has 0 bridgehead atoms. The monoisotopic (exact) mass is 306 g/mol. The molecule has 2 rings (SSSR count). The van der Waals surface area contributed by atoms with Crippen molar-refractivity contribution in [1.82, 2.24) is 4.98 Å². The van der Waals surface area contributed by atoms with Crippen molar-refractivity contribution in [2.75, 3.05) is 7.11 Å². The maximum absolute atomic E-state index is 11.8. The van der Waals surface area contributed by atoms with Gasteiger partial charge in [-0.2, -0.15) is 0 Å². The molecule has 7 heteroatoms. The Morgan fingerprint density at radius 2 is 2.00 bits per heavy atom. The van der Waals surface area contributed by atoms with Crippen LogP contribution in [0, 0.1) is 5.92 Å². The van der Waals surface area contributed by atoms with E-state index in [4.69, 9.17) is 14.2 Å². The standard InChI is InChI=1S/C15H18N2O5/c1-5-9-6-10(7-17-12(9)20-4)16-8-11-13(18)21-15(2,3)22-14(11)19/h6-8,11H,5H2,1-4H3/b16-8+. The fourth-order valence-corrected chi connectivity index (χ4v) is 2.00.